The number of rotatable bonds is 18. The van der Waals surface area contributed by atoms with Crippen molar-refractivity contribution in [2.75, 3.05) is 72.6 Å². The topological polar surface area (TPSA) is 151 Å². The SMILES string of the molecule is CN1CCN(C(=O)C(COCc2ccccc2)N(CCN(CCCCC(=O)O)CC(=O)O)CC(=O)O)CC1. The maximum Gasteiger partial charge on any atom is 0.317 e. The first kappa shape index (κ1) is 31.2. The number of carboxylic acids is 3. The fourth-order valence-electron chi connectivity index (χ4n) is 4.29. The molecule has 1 fully saturated rings. The van der Waals surface area contributed by atoms with Crippen LogP contribution in [0.3, 0.4) is 0 Å². The van der Waals surface area contributed by atoms with Crippen LogP contribution in [0.15, 0.2) is 30.3 Å². The Balaban J connectivity index is 2.13. The van der Waals surface area contributed by atoms with Gasteiger partial charge in [-0.15, -0.1) is 0 Å². The lowest BCUT2D eigenvalue weighted by Crippen LogP contribution is -2.57. The first-order valence-corrected chi connectivity index (χ1v) is 12.9. The Labute approximate surface area is 223 Å². The van der Waals surface area contributed by atoms with Crippen LogP contribution in [0.2, 0.25) is 0 Å². The molecule has 1 aromatic carbocycles. The summed E-state index contributed by atoms with van der Waals surface area (Å²) >= 11 is 0. The highest BCUT2D eigenvalue weighted by atomic mass is 16.5. The van der Waals surface area contributed by atoms with Gasteiger partial charge in [-0.1, -0.05) is 30.3 Å². The molecule has 1 heterocycles. The molecule has 1 saturated heterocycles. The van der Waals surface area contributed by atoms with E-state index in [0.717, 1.165) is 5.56 Å². The van der Waals surface area contributed by atoms with Crippen LogP contribution in [0.4, 0.5) is 0 Å². The molecule has 1 atom stereocenters. The van der Waals surface area contributed by atoms with Crippen molar-refractivity contribution < 1.29 is 39.2 Å². The number of carboxylic acid groups (broad SMARTS) is 3. The molecule has 0 aromatic heterocycles. The Morgan fingerprint density at radius 3 is 2.13 bits per heavy atom. The molecule has 0 aliphatic carbocycles. The van der Waals surface area contributed by atoms with Gasteiger partial charge in [0.25, 0.3) is 0 Å². The van der Waals surface area contributed by atoms with Crippen molar-refractivity contribution in [3.8, 4) is 0 Å². The van der Waals surface area contributed by atoms with E-state index in [1.807, 2.05) is 37.4 Å². The molecule has 3 N–H and O–H groups in total. The summed E-state index contributed by atoms with van der Waals surface area (Å²) in [6.07, 6.45) is 0.886. The molecule has 0 radical (unpaired) electrons. The number of ether oxygens (including phenoxy) is 1. The Morgan fingerprint density at radius 2 is 1.53 bits per heavy atom. The Bertz CT molecular complexity index is 892. The van der Waals surface area contributed by atoms with Crippen molar-refractivity contribution >= 4 is 23.8 Å². The van der Waals surface area contributed by atoms with E-state index >= 15 is 0 Å². The summed E-state index contributed by atoms with van der Waals surface area (Å²) in [4.78, 5) is 54.6. The van der Waals surface area contributed by atoms with Gasteiger partial charge in [0.05, 0.1) is 26.3 Å². The number of carbonyl (C=O) groups excluding carboxylic acids is 1. The van der Waals surface area contributed by atoms with Gasteiger partial charge in [0.15, 0.2) is 0 Å². The van der Waals surface area contributed by atoms with Crippen molar-refractivity contribution in [3.63, 3.8) is 0 Å². The number of aliphatic carboxylic acids is 3. The lowest BCUT2D eigenvalue weighted by Gasteiger charge is -2.38. The van der Waals surface area contributed by atoms with Crippen molar-refractivity contribution in [1.82, 2.24) is 19.6 Å². The zero-order valence-electron chi connectivity index (χ0n) is 22.0. The van der Waals surface area contributed by atoms with Gasteiger partial charge >= 0.3 is 17.9 Å². The number of piperazine rings is 1. The summed E-state index contributed by atoms with van der Waals surface area (Å²) in [5.74, 6) is -3.26. The zero-order valence-corrected chi connectivity index (χ0v) is 22.0. The number of carbonyl (C=O) groups is 4. The first-order chi connectivity index (χ1) is 18.2. The highest BCUT2D eigenvalue weighted by Gasteiger charge is 2.33. The highest BCUT2D eigenvalue weighted by molar-refractivity contribution is 5.83. The number of benzene rings is 1. The lowest BCUT2D eigenvalue weighted by molar-refractivity contribution is -0.146. The summed E-state index contributed by atoms with van der Waals surface area (Å²) in [5.41, 5.74) is 0.928. The molecule has 0 bridgehead atoms. The molecule has 1 aromatic rings. The Hall–Kier alpha value is -3.06. The minimum atomic E-state index is -1.10. The van der Waals surface area contributed by atoms with E-state index in [1.54, 1.807) is 14.7 Å². The van der Waals surface area contributed by atoms with E-state index in [-0.39, 0.29) is 45.2 Å². The summed E-state index contributed by atoms with van der Waals surface area (Å²) in [6, 6.07) is 8.62. The second kappa shape index (κ2) is 16.7. The minimum absolute atomic E-state index is 0.00754. The highest BCUT2D eigenvalue weighted by Crippen LogP contribution is 2.12. The van der Waals surface area contributed by atoms with Crippen molar-refractivity contribution in [2.24, 2.45) is 0 Å². The van der Waals surface area contributed by atoms with Gasteiger partial charge in [-0.25, -0.2) is 0 Å². The molecule has 12 nitrogen and oxygen atoms in total. The number of likely N-dealkylation sites (N-methyl/N-ethyl adjacent to an activating group) is 1. The van der Waals surface area contributed by atoms with Gasteiger partial charge in [0.2, 0.25) is 5.91 Å². The van der Waals surface area contributed by atoms with Crippen LogP contribution in [0, 0.1) is 0 Å². The molecule has 0 saturated carbocycles. The van der Waals surface area contributed by atoms with Gasteiger partial charge in [-0.3, -0.25) is 29.0 Å². The second-order valence-corrected chi connectivity index (χ2v) is 9.53. The van der Waals surface area contributed by atoms with Crippen LogP contribution in [-0.4, -0.2) is 137 Å². The van der Waals surface area contributed by atoms with Crippen LogP contribution < -0.4 is 0 Å². The van der Waals surface area contributed by atoms with Crippen LogP contribution >= 0.6 is 0 Å². The number of unbranched alkanes of at least 4 members (excludes halogenated alkanes) is 1. The van der Waals surface area contributed by atoms with Crippen molar-refractivity contribution in [3.05, 3.63) is 35.9 Å². The van der Waals surface area contributed by atoms with Crippen LogP contribution in [0.25, 0.3) is 0 Å². The summed E-state index contributed by atoms with van der Waals surface area (Å²) in [5, 5.41) is 27.8. The second-order valence-electron chi connectivity index (χ2n) is 9.53. The first-order valence-electron chi connectivity index (χ1n) is 12.9. The predicted octanol–water partition coefficient (Wildman–Crippen LogP) is 0.374. The molecule has 1 aliphatic rings. The molecule has 1 amide bonds. The molecule has 212 valence electrons. The Morgan fingerprint density at radius 1 is 0.868 bits per heavy atom. The van der Waals surface area contributed by atoms with Crippen molar-refractivity contribution in [1.29, 1.82) is 0 Å². The van der Waals surface area contributed by atoms with E-state index in [1.165, 1.54) is 0 Å². The van der Waals surface area contributed by atoms with E-state index in [2.05, 4.69) is 4.90 Å². The summed E-state index contributed by atoms with van der Waals surface area (Å²) in [6.45, 7) is 2.76. The molecule has 12 heteroatoms. The summed E-state index contributed by atoms with van der Waals surface area (Å²) < 4.78 is 5.89. The monoisotopic (exact) mass is 536 g/mol. The van der Waals surface area contributed by atoms with E-state index < -0.39 is 30.5 Å². The molecule has 1 aliphatic heterocycles. The van der Waals surface area contributed by atoms with Gasteiger partial charge in [-0.05, 0) is 32.0 Å². The van der Waals surface area contributed by atoms with Crippen LogP contribution in [-0.2, 0) is 30.5 Å². The third kappa shape index (κ3) is 12.0. The molecular weight excluding hydrogens is 496 g/mol. The van der Waals surface area contributed by atoms with E-state index in [9.17, 15) is 29.4 Å². The van der Waals surface area contributed by atoms with E-state index in [0.29, 0.717) is 45.6 Å². The van der Waals surface area contributed by atoms with Gasteiger partial charge in [-0.2, -0.15) is 0 Å². The average Bonchev–Trinajstić information content (AvgIpc) is 2.87. The van der Waals surface area contributed by atoms with Crippen LogP contribution in [0.5, 0.6) is 0 Å². The standard InChI is InChI=1S/C26H40N4O8/c1-27-11-14-29(15-12-27)26(37)22(20-38-19-21-7-3-2-4-8-21)30(18-25(35)36)16-13-28(17-24(33)34)10-6-5-9-23(31)32/h2-4,7-8,22H,5-6,9-20H2,1H3,(H,31,32)(H,33,34)(H,35,36). The van der Waals surface area contributed by atoms with Crippen LogP contribution in [0.1, 0.15) is 24.8 Å². The normalized spacial score (nSPS) is 15.1. The van der Waals surface area contributed by atoms with Gasteiger partial charge < -0.3 is 29.9 Å². The fraction of sp³-hybridized carbons (Fsp3) is 0.615. The number of amides is 1. The third-order valence-corrected chi connectivity index (χ3v) is 6.44. The van der Waals surface area contributed by atoms with Gasteiger partial charge in [0.1, 0.15) is 6.04 Å². The molecule has 38 heavy (non-hydrogen) atoms. The smallest absolute Gasteiger partial charge is 0.317 e. The van der Waals surface area contributed by atoms with Gasteiger partial charge in [0, 0.05) is 45.7 Å². The quantitative estimate of drug-likeness (QED) is 0.223. The third-order valence-electron chi connectivity index (χ3n) is 6.44. The Kier molecular flexibility index (Phi) is 13.7. The zero-order chi connectivity index (χ0) is 27.9. The van der Waals surface area contributed by atoms with Crippen molar-refractivity contribution in [2.45, 2.75) is 31.9 Å². The molecular formula is C26H40N4O8. The number of nitrogens with zero attached hydrogens (tertiary/aromatic N) is 4. The largest absolute Gasteiger partial charge is 0.481 e. The number of hydrogen-bond acceptors (Lipinski definition) is 8. The summed E-state index contributed by atoms with van der Waals surface area (Å²) in [7, 11) is 1.98. The fourth-order valence-corrected chi connectivity index (χ4v) is 4.29. The predicted molar refractivity (Wildman–Crippen MR) is 139 cm³/mol. The lowest BCUT2D eigenvalue weighted by atomic mass is 10.1. The maximum atomic E-state index is 13.6. The molecule has 1 unspecified atom stereocenters. The molecule has 2 rings (SSSR count). The van der Waals surface area contributed by atoms with E-state index in [4.69, 9.17) is 9.84 Å². The minimum Gasteiger partial charge on any atom is -0.481 e. The average molecular weight is 537 g/mol. The maximum absolute atomic E-state index is 13.6. The molecule has 0 spiro atoms. The number of hydrogen-bond donors (Lipinski definition) is 3.